The number of rotatable bonds is 3. The summed E-state index contributed by atoms with van der Waals surface area (Å²) in [4.78, 5) is 19.7. The largest absolute Gasteiger partial charge is 0.362 e. The quantitative estimate of drug-likeness (QED) is 0.690. The Balaban J connectivity index is 1.86. The SMILES string of the molecule is Cc1ccc(S(=O)(=O)O)cc1-c1cc(=O)n2cc(N3CCCC3)sc2n1. The Morgan fingerprint density at radius 3 is 2.62 bits per heavy atom. The Bertz CT molecular complexity index is 1160. The molecule has 3 aromatic rings. The lowest BCUT2D eigenvalue weighted by Gasteiger charge is -2.12. The third-order valence-corrected chi connectivity index (χ3v) is 6.45. The first-order valence-electron chi connectivity index (χ1n) is 8.20. The fourth-order valence-corrected chi connectivity index (χ4v) is 4.70. The summed E-state index contributed by atoms with van der Waals surface area (Å²) in [6.45, 7) is 3.75. The average Bonchev–Trinajstić information content (AvgIpc) is 3.23. The summed E-state index contributed by atoms with van der Waals surface area (Å²) in [7, 11) is -4.32. The van der Waals surface area contributed by atoms with Crippen molar-refractivity contribution in [3.8, 4) is 11.3 Å². The molecule has 0 spiro atoms. The van der Waals surface area contributed by atoms with E-state index in [2.05, 4.69) is 9.88 Å². The molecule has 0 bridgehead atoms. The molecule has 7 nitrogen and oxygen atoms in total. The van der Waals surface area contributed by atoms with Gasteiger partial charge in [-0.3, -0.25) is 13.7 Å². The van der Waals surface area contributed by atoms with Crippen molar-refractivity contribution in [3.05, 3.63) is 46.4 Å². The van der Waals surface area contributed by atoms with Gasteiger partial charge in [0, 0.05) is 30.9 Å². The molecular formula is C17H17N3O4S2. The molecule has 9 heteroatoms. The van der Waals surface area contributed by atoms with Gasteiger partial charge in [-0.15, -0.1) is 0 Å². The highest BCUT2D eigenvalue weighted by Gasteiger charge is 2.18. The Morgan fingerprint density at radius 2 is 1.92 bits per heavy atom. The third-order valence-electron chi connectivity index (χ3n) is 4.56. The first-order valence-corrected chi connectivity index (χ1v) is 10.5. The van der Waals surface area contributed by atoms with E-state index in [-0.39, 0.29) is 10.5 Å². The number of anilines is 1. The monoisotopic (exact) mass is 391 g/mol. The number of hydrogen-bond acceptors (Lipinski definition) is 6. The van der Waals surface area contributed by atoms with Crippen LogP contribution in [0.5, 0.6) is 0 Å². The van der Waals surface area contributed by atoms with Crippen LogP contribution in [0.4, 0.5) is 5.00 Å². The van der Waals surface area contributed by atoms with Gasteiger partial charge < -0.3 is 4.90 Å². The molecule has 4 rings (SSSR count). The van der Waals surface area contributed by atoms with Crippen molar-refractivity contribution in [2.45, 2.75) is 24.7 Å². The zero-order valence-corrected chi connectivity index (χ0v) is 15.7. The molecule has 2 aromatic heterocycles. The zero-order valence-electron chi connectivity index (χ0n) is 14.0. The molecule has 1 N–H and O–H groups in total. The molecular weight excluding hydrogens is 374 g/mol. The van der Waals surface area contributed by atoms with Gasteiger partial charge in [-0.1, -0.05) is 17.4 Å². The maximum Gasteiger partial charge on any atom is 0.294 e. The van der Waals surface area contributed by atoms with E-state index >= 15 is 0 Å². The Morgan fingerprint density at radius 1 is 1.19 bits per heavy atom. The first kappa shape index (κ1) is 17.2. The lowest BCUT2D eigenvalue weighted by Crippen LogP contribution is -2.16. The van der Waals surface area contributed by atoms with Crippen molar-refractivity contribution in [1.82, 2.24) is 9.38 Å². The lowest BCUT2D eigenvalue weighted by atomic mass is 10.1. The van der Waals surface area contributed by atoms with Crippen LogP contribution in [0.1, 0.15) is 18.4 Å². The Hall–Kier alpha value is -2.23. The number of hydrogen-bond donors (Lipinski definition) is 1. The molecule has 0 saturated carbocycles. The third kappa shape index (κ3) is 3.02. The smallest absolute Gasteiger partial charge is 0.294 e. The van der Waals surface area contributed by atoms with Crippen LogP contribution in [0, 0.1) is 6.92 Å². The normalized spacial score (nSPS) is 15.1. The number of aryl methyl sites for hydroxylation is 1. The highest BCUT2D eigenvalue weighted by atomic mass is 32.2. The molecule has 0 atom stereocenters. The van der Waals surface area contributed by atoms with Gasteiger partial charge >= 0.3 is 0 Å². The molecule has 1 aliphatic heterocycles. The van der Waals surface area contributed by atoms with E-state index in [1.807, 2.05) is 6.20 Å². The number of benzene rings is 1. The summed E-state index contributed by atoms with van der Waals surface area (Å²) in [6.07, 6.45) is 4.10. The van der Waals surface area contributed by atoms with Crippen LogP contribution in [-0.4, -0.2) is 35.4 Å². The summed E-state index contributed by atoms with van der Waals surface area (Å²) in [5.74, 6) is 0. The van der Waals surface area contributed by atoms with Gasteiger partial charge in [-0.2, -0.15) is 8.42 Å². The van der Waals surface area contributed by atoms with E-state index in [0.29, 0.717) is 16.2 Å². The number of nitrogens with zero attached hydrogens (tertiary/aromatic N) is 3. The van der Waals surface area contributed by atoms with E-state index in [9.17, 15) is 17.8 Å². The molecule has 0 radical (unpaired) electrons. The fourth-order valence-electron chi connectivity index (χ4n) is 3.15. The highest BCUT2D eigenvalue weighted by Crippen LogP contribution is 2.30. The minimum atomic E-state index is -4.32. The summed E-state index contributed by atoms with van der Waals surface area (Å²) in [5.41, 5.74) is 1.46. The predicted octanol–water partition coefficient (Wildman–Crippen LogP) is 2.58. The van der Waals surface area contributed by atoms with Crippen LogP contribution in [0.2, 0.25) is 0 Å². The van der Waals surface area contributed by atoms with Crippen molar-refractivity contribution in [1.29, 1.82) is 0 Å². The van der Waals surface area contributed by atoms with Gasteiger partial charge in [-0.05, 0) is 37.5 Å². The van der Waals surface area contributed by atoms with Crippen LogP contribution < -0.4 is 10.5 Å². The number of aromatic nitrogens is 2. The summed E-state index contributed by atoms with van der Waals surface area (Å²) >= 11 is 1.44. The maximum atomic E-state index is 12.5. The summed E-state index contributed by atoms with van der Waals surface area (Å²) in [5, 5.41) is 1.01. The van der Waals surface area contributed by atoms with Crippen LogP contribution in [0.25, 0.3) is 16.2 Å². The van der Waals surface area contributed by atoms with Crippen molar-refractivity contribution >= 4 is 31.4 Å². The molecule has 1 fully saturated rings. The molecule has 0 amide bonds. The highest BCUT2D eigenvalue weighted by molar-refractivity contribution is 7.85. The minimum Gasteiger partial charge on any atom is -0.362 e. The second-order valence-corrected chi connectivity index (χ2v) is 8.76. The molecule has 1 saturated heterocycles. The van der Waals surface area contributed by atoms with E-state index in [1.54, 1.807) is 13.0 Å². The van der Waals surface area contributed by atoms with E-state index < -0.39 is 10.1 Å². The van der Waals surface area contributed by atoms with Gasteiger partial charge in [0.2, 0.25) is 0 Å². The molecule has 3 heterocycles. The van der Waals surface area contributed by atoms with Crippen LogP contribution in [0.3, 0.4) is 0 Å². The molecule has 136 valence electrons. The van der Waals surface area contributed by atoms with E-state index in [1.165, 1.54) is 33.9 Å². The molecule has 1 aromatic carbocycles. The second-order valence-electron chi connectivity index (χ2n) is 6.35. The van der Waals surface area contributed by atoms with Gasteiger partial charge in [0.05, 0.1) is 10.6 Å². The standard InChI is InChI=1S/C17H17N3O4S2/c1-11-4-5-12(26(22,23)24)8-13(11)14-9-15(21)20-10-16(25-17(20)18-14)19-6-2-3-7-19/h4-5,8-10H,2-3,6-7H2,1H3,(H,22,23,24). The molecule has 0 aliphatic carbocycles. The van der Waals surface area contributed by atoms with E-state index in [0.717, 1.165) is 36.5 Å². The molecule has 0 unspecified atom stereocenters. The topological polar surface area (TPSA) is 92.0 Å². The maximum absolute atomic E-state index is 12.5. The fraction of sp³-hybridized carbons (Fsp3) is 0.294. The van der Waals surface area contributed by atoms with Crippen LogP contribution in [-0.2, 0) is 10.1 Å². The van der Waals surface area contributed by atoms with Gasteiger partial charge in [-0.25, -0.2) is 4.98 Å². The van der Waals surface area contributed by atoms with E-state index in [4.69, 9.17) is 0 Å². The molecule has 1 aliphatic rings. The van der Waals surface area contributed by atoms with Crippen LogP contribution >= 0.6 is 11.3 Å². The summed E-state index contributed by atoms with van der Waals surface area (Å²) in [6, 6.07) is 5.66. The van der Waals surface area contributed by atoms with Gasteiger partial charge in [0.25, 0.3) is 15.7 Å². The van der Waals surface area contributed by atoms with Crippen LogP contribution in [0.15, 0.2) is 40.2 Å². The van der Waals surface area contributed by atoms with Crippen molar-refractivity contribution < 1.29 is 13.0 Å². The molecule has 26 heavy (non-hydrogen) atoms. The van der Waals surface area contributed by atoms with Gasteiger partial charge in [0.1, 0.15) is 5.00 Å². The number of thiazole rings is 1. The number of fused-ring (bicyclic) bond motifs is 1. The van der Waals surface area contributed by atoms with Crippen molar-refractivity contribution in [2.75, 3.05) is 18.0 Å². The zero-order chi connectivity index (χ0) is 18.5. The lowest BCUT2D eigenvalue weighted by molar-refractivity contribution is 0.483. The van der Waals surface area contributed by atoms with Crippen molar-refractivity contribution in [2.24, 2.45) is 0 Å². The Kier molecular flexibility index (Phi) is 4.09. The summed E-state index contributed by atoms with van der Waals surface area (Å²) < 4.78 is 33.6. The van der Waals surface area contributed by atoms with Crippen molar-refractivity contribution in [3.63, 3.8) is 0 Å². The first-order chi connectivity index (χ1) is 12.3. The van der Waals surface area contributed by atoms with Gasteiger partial charge in [0.15, 0.2) is 4.96 Å². The Labute approximate surface area is 154 Å². The minimum absolute atomic E-state index is 0.218. The second kappa shape index (κ2) is 6.19. The average molecular weight is 391 g/mol. The predicted molar refractivity (Wildman–Crippen MR) is 101 cm³/mol.